The van der Waals surface area contributed by atoms with E-state index in [0.717, 1.165) is 6.07 Å². The molecule has 0 aromatic heterocycles. The lowest BCUT2D eigenvalue weighted by Crippen LogP contribution is -2.27. The highest BCUT2D eigenvalue weighted by atomic mass is 19.1. The number of carboxylic acid groups (broad SMARTS) is 1. The van der Waals surface area contributed by atoms with Crippen LogP contribution in [0.25, 0.3) is 0 Å². The predicted molar refractivity (Wildman–Crippen MR) is 57.8 cm³/mol. The lowest BCUT2D eigenvalue weighted by Gasteiger charge is -2.14. The van der Waals surface area contributed by atoms with Crippen molar-refractivity contribution in [1.82, 2.24) is 0 Å². The monoisotopic (exact) mass is 227 g/mol. The van der Waals surface area contributed by atoms with Crippen molar-refractivity contribution in [2.45, 2.75) is 25.9 Å². The lowest BCUT2D eigenvalue weighted by molar-refractivity contribution is -0.145. The summed E-state index contributed by atoms with van der Waals surface area (Å²) < 4.78 is 18.4. The van der Waals surface area contributed by atoms with Gasteiger partial charge in [-0.3, -0.25) is 0 Å². The van der Waals surface area contributed by atoms with Crippen molar-refractivity contribution in [2.75, 3.05) is 5.73 Å². The highest BCUT2D eigenvalue weighted by Crippen LogP contribution is 2.21. The fourth-order valence-corrected chi connectivity index (χ4v) is 1.26. The molecule has 1 aromatic rings. The molecule has 0 heterocycles. The van der Waals surface area contributed by atoms with Gasteiger partial charge in [-0.1, -0.05) is 13.3 Å². The van der Waals surface area contributed by atoms with Crippen LogP contribution < -0.4 is 10.5 Å². The molecular formula is C11H14FNO3. The van der Waals surface area contributed by atoms with Crippen LogP contribution in [0.5, 0.6) is 5.75 Å². The molecule has 0 aliphatic heterocycles. The molecule has 0 fully saturated rings. The van der Waals surface area contributed by atoms with Crippen LogP contribution in [-0.4, -0.2) is 17.2 Å². The van der Waals surface area contributed by atoms with Crippen LogP contribution in [-0.2, 0) is 4.79 Å². The Hall–Kier alpha value is -1.78. The Balaban J connectivity index is 2.81. The van der Waals surface area contributed by atoms with Gasteiger partial charge in [0.25, 0.3) is 0 Å². The number of hydrogen-bond donors (Lipinski definition) is 2. The molecule has 5 heteroatoms. The van der Waals surface area contributed by atoms with E-state index in [-0.39, 0.29) is 11.4 Å². The Kier molecular flexibility index (Phi) is 4.10. The Labute approximate surface area is 92.8 Å². The normalized spacial score (nSPS) is 12.1. The summed E-state index contributed by atoms with van der Waals surface area (Å²) in [6.45, 7) is 1.83. The third kappa shape index (κ3) is 3.12. The van der Waals surface area contributed by atoms with Crippen LogP contribution in [0.1, 0.15) is 19.8 Å². The third-order valence-corrected chi connectivity index (χ3v) is 2.05. The first-order chi connectivity index (χ1) is 7.54. The van der Waals surface area contributed by atoms with E-state index in [2.05, 4.69) is 0 Å². The second-order valence-corrected chi connectivity index (χ2v) is 3.42. The van der Waals surface area contributed by atoms with Gasteiger partial charge in [0, 0.05) is 11.8 Å². The Morgan fingerprint density at radius 2 is 2.31 bits per heavy atom. The molecule has 0 amide bonds. The second kappa shape index (κ2) is 5.34. The number of benzene rings is 1. The van der Waals surface area contributed by atoms with Crippen molar-refractivity contribution >= 4 is 11.7 Å². The van der Waals surface area contributed by atoms with E-state index in [1.807, 2.05) is 6.92 Å². The lowest BCUT2D eigenvalue weighted by atomic mass is 10.2. The van der Waals surface area contributed by atoms with Gasteiger partial charge >= 0.3 is 5.97 Å². The zero-order valence-corrected chi connectivity index (χ0v) is 8.94. The van der Waals surface area contributed by atoms with Crippen LogP contribution >= 0.6 is 0 Å². The average Bonchev–Trinajstić information content (AvgIpc) is 2.20. The van der Waals surface area contributed by atoms with Crippen molar-refractivity contribution < 1.29 is 19.0 Å². The maximum absolute atomic E-state index is 13.3. The summed E-state index contributed by atoms with van der Waals surface area (Å²) in [5.41, 5.74) is 5.64. The second-order valence-electron chi connectivity index (χ2n) is 3.42. The number of hydrogen-bond acceptors (Lipinski definition) is 3. The standard InChI is InChI=1S/C11H14FNO3/c1-2-3-10(11(14)15)16-9-5-4-7(13)6-8(9)12/h4-6,10H,2-3,13H2,1H3,(H,14,15). The molecule has 4 nitrogen and oxygen atoms in total. The van der Waals surface area contributed by atoms with Gasteiger partial charge in [-0.25, -0.2) is 9.18 Å². The topological polar surface area (TPSA) is 72.5 Å². The number of carbonyl (C=O) groups is 1. The Bertz CT molecular complexity index is 381. The number of rotatable bonds is 5. The van der Waals surface area contributed by atoms with Gasteiger partial charge in [-0.15, -0.1) is 0 Å². The third-order valence-electron chi connectivity index (χ3n) is 2.05. The van der Waals surface area contributed by atoms with Crippen LogP contribution in [0.2, 0.25) is 0 Å². The number of anilines is 1. The van der Waals surface area contributed by atoms with Crippen molar-refractivity contribution in [3.05, 3.63) is 24.0 Å². The van der Waals surface area contributed by atoms with E-state index in [1.54, 1.807) is 0 Å². The van der Waals surface area contributed by atoms with Crippen molar-refractivity contribution in [1.29, 1.82) is 0 Å². The summed E-state index contributed by atoms with van der Waals surface area (Å²) >= 11 is 0. The van der Waals surface area contributed by atoms with Crippen LogP contribution in [0.15, 0.2) is 18.2 Å². The zero-order chi connectivity index (χ0) is 12.1. The number of ether oxygens (including phenoxy) is 1. The van der Waals surface area contributed by atoms with E-state index >= 15 is 0 Å². The van der Waals surface area contributed by atoms with E-state index in [4.69, 9.17) is 15.6 Å². The van der Waals surface area contributed by atoms with Crippen LogP contribution in [0.3, 0.4) is 0 Å². The molecule has 0 aliphatic carbocycles. The number of carboxylic acids is 1. The highest BCUT2D eigenvalue weighted by molar-refractivity contribution is 5.72. The molecule has 3 N–H and O–H groups in total. The first-order valence-corrected chi connectivity index (χ1v) is 4.99. The molecule has 1 unspecified atom stereocenters. The SMILES string of the molecule is CCCC(Oc1ccc(N)cc1F)C(=O)O. The van der Waals surface area contributed by atoms with Gasteiger partial charge in [-0.05, 0) is 18.6 Å². The molecule has 0 spiro atoms. The van der Waals surface area contributed by atoms with E-state index in [0.29, 0.717) is 12.8 Å². The van der Waals surface area contributed by atoms with Gasteiger partial charge in [0.1, 0.15) is 0 Å². The number of aliphatic carboxylic acids is 1. The summed E-state index contributed by atoms with van der Waals surface area (Å²) in [4.78, 5) is 10.8. The molecule has 0 saturated carbocycles. The molecule has 1 atom stereocenters. The highest BCUT2D eigenvalue weighted by Gasteiger charge is 2.19. The van der Waals surface area contributed by atoms with E-state index in [9.17, 15) is 9.18 Å². The molecule has 0 bridgehead atoms. The minimum Gasteiger partial charge on any atom is -0.479 e. The maximum Gasteiger partial charge on any atom is 0.344 e. The van der Waals surface area contributed by atoms with Gasteiger partial charge in [0.2, 0.25) is 0 Å². The summed E-state index contributed by atoms with van der Waals surface area (Å²) in [6.07, 6.45) is -0.0460. The molecule has 1 aromatic carbocycles. The Morgan fingerprint density at radius 1 is 1.62 bits per heavy atom. The first-order valence-electron chi connectivity index (χ1n) is 4.99. The number of nitrogens with two attached hydrogens (primary N) is 1. The molecular weight excluding hydrogens is 213 g/mol. The first kappa shape index (κ1) is 12.3. The van der Waals surface area contributed by atoms with Gasteiger partial charge in [-0.2, -0.15) is 0 Å². The van der Waals surface area contributed by atoms with Crippen LogP contribution in [0.4, 0.5) is 10.1 Å². The molecule has 88 valence electrons. The molecule has 1 rings (SSSR count). The molecule has 0 saturated heterocycles. The summed E-state index contributed by atoms with van der Waals surface area (Å²) in [5, 5.41) is 8.84. The smallest absolute Gasteiger partial charge is 0.344 e. The predicted octanol–water partition coefficient (Wildman–Crippen LogP) is 2.04. The van der Waals surface area contributed by atoms with Gasteiger partial charge in [0.05, 0.1) is 0 Å². The quantitative estimate of drug-likeness (QED) is 0.755. The van der Waals surface area contributed by atoms with E-state index < -0.39 is 17.9 Å². The van der Waals surface area contributed by atoms with Crippen molar-refractivity contribution in [3.8, 4) is 5.75 Å². The maximum atomic E-state index is 13.3. The van der Waals surface area contributed by atoms with E-state index in [1.165, 1.54) is 12.1 Å². The van der Waals surface area contributed by atoms with Crippen LogP contribution in [0, 0.1) is 5.82 Å². The fourth-order valence-electron chi connectivity index (χ4n) is 1.26. The molecule has 16 heavy (non-hydrogen) atoms. The largest absolute Gasteiger partial charge is 0.479 e. The summed E-state index contributed by atoms with van der Waals surface area (Å²) in [5.74, 6) is -1.84. The van der Waals surface area contributed by atoms with Gasteiger partial charge in [0.15, 0.2) is 17.7 Å². The van der Waals surface area contributed by atoms with Gasteiger partial charge < -0.3 is 15.6 Å². The minimum atomic E-state index is -1.10. The van der Waals surface area contributed by atoms with Crippen molar-refractivity contribution in [2.24, 2.45) is 0 Å². The fraction of sp³-hybridized carbons (Fsp3) is 0.364. The Morgan fingerprint density at radius 3 is 2.81 bits per heavy atom. The molecule has 0 aliphatic rings. The summed E-state index contributed by atoms with van der Waals surface area (Å²) in [6, 6.07) is 3.89. The minimum absolute atomic E-state index is 0.0879. The van der Waals surface area contributed by atoms with Crippen molar-refractivity contribution in [3.63, 3.8) is 0 Å². The zero-order valence-electron chi connectivity index (χ0n) is 8.94. The average molecular weight is 227 g/mol. The molecule has 0 radical (unpaired) electrons. The number of nitrogen functional groups attached to an aromatic ring is 1. The summed E-state index contributed by atoms with van der Waals surface area (Å²) in [7, 11) is 0. The number of halogens is 1.